The predicted octanol–water partition coefficient (Wildman–Crippen LogP) is -0.624. The number of ether oxygens (including phenoxy) is 1. The van der Waals surface area contributed by atoms with Gasteiger partial charge in [0.05, 0.1) is 12.8 Å². The van der Waals surface area contributed by atoms with Crippen LogP contribution in [0.25, 0.3) is 0 Å². The smallest absolute Gasteiger partial charge is 0.409 e. The highest BCUT2D eigenvalue weighted by Gasteiger charge is 2.27. The van der Waals surface area contributed by atoms with E-state index in [1.807, 2.05) is 0 Å². The Kier molecular flexibility index (Phi) is 3.33. The first-order valence-electron chi connectivity index (χ1n) is 4.25. The number of cyclic esters (lactones) is 1. The van der Waals surface area contributed by atoms with Crippen molar-refractivity contribution < 1.29 is 17.9 Å². The van der Waals surface area contributed by atoms with Crippen LogP contribution in [0.15, 0.2) is 0 Å². The van der Waals surface area contributed by atoms with Crippen LogP contribution < -0.4 is 4.72 Å². The van der Waals surface area contributed by atoms with E-state index in [2.05, 4.69) is 4.72 Å². The highest BCUT2D eigenvalue weighted by atomic mass is 32.2. The number of nitrogens with zero attached hydrogens (tertiary/aromatic N) is 1. The van der Waals surface area contributed by atoms with E-state index in [1.165, 1.54) is 4.90 Å². The van der Waals surface area contributed by atoms with Crippen molar-refractivity contribution in [1.82, 2.24) is 9.62 Å². The summed E-state index contributed by atoms with van der Waals surface area (Å²) in [7, 11) is -1.50. The Labute approximate surface area is 83.3 Å². The number of carbonyl (C=O) groups excluding carboxylic acids is 1. The molecule has 0 spiro atoms. The van der Waals surface area contributed by atoms with Crippen molar-refractivity contribution in [2.45, 2.75) is 12.5 Å². The van der Waals surface area contributed by atoms with E-state index in [4.69, 9.17) is 4.74 Å². The van der Waals surface area contributed by atoms with Crippen LogP contribution in [0.2, 0.25) is 0 Å². The molecule has 82 valence electrons. The van der Waals surface area contributed by atoms with Gasteiger partial charge in [0, 0.05) is 13.6 Å². The Morgan fingerprint density at radius 3 is 2.71 bits per heavy atom. The average molecular weight is 222 g/mol. The maximum atomic E-state index is 10.9. The molecule has 1 amide bonds. The van der Waals surface area contributed by atoms with Crippen LogP contribution in [0.5, 0.6) is 0 Å². The number of nitrogens with one attached hydrogen (secondary N) is 1. The minimum atomic E-state index is -3.15. The zero-order valence-electron chi connectivity index (χ0n) is 8.19. The van der Waals surface area contributed by atoms with Crippen molar-refractivity contribution in [2.24, 2.45) is 0 Å². The molecule has 1 aliphatic rings. The summed E-state index contributed by atoms with van der Waals surface area (Å²) in [5.74, 6) is 0. The first-order chi connectivity index (χ1) is 6.38. The minimum Gasteiger partial charge on any atom is -0.444 e. The molecular weight excluding hydrogens is 208 g/mol. The van der Waals surface area contributed by atoms with Gasteiger partial charge in [-0.05, 0) is 6.42 Å². The second-order valence-electron chi connectivity index (χ2n) is 3.34. The number of likely N-dealkylation sites (N-methyl/N-ethyl adjacent to an activating group) is 1. The van der Waals surface area contributed by atoms with E-state index < -0.39 is 10.0 Å². The number of hydrogen-bond acceptors (Lipinski definition) is 4. The summed E-state index contributed by atoms with van der Waals surface area (Å²) >= 11 is 0. The van der Waals surface area contributed by atoms with Gasteiger partial charge in [-0.1, -0.05) is 0 Å². The maximum Gasteiger partial charge on any atom is 0.409 e. The lowest BCUT2D eigenvalue weighted by Crippen LogP contribution is -2.27. The molecule has 0 bridgehead atoms. The lowest BCUT2D eigenvalue weighted by molar-refractivity contribution is 0.131. The second kappa shape index (κ2) is 4.14. The monoisotopic (exact) mass is 222 g/mol. The molecule has 0 aromatic heterocycles. The molecule has 14 heavy (non-hydrogen) atoms. The van der Waals surface area contributed by atoms with Crippen LogP contribution in [-0.2, 0) is 14.8 Å². The van der Waals surface area contributed by atoms with Gasteiger partial charge in [-0.2, -0.15) is 0 Å². The fourth-order valence-electron chi connectivity index (χ4n) is 1.21. The van der Waals surface area contributed by atoms with Crippen molar-refractivity contribution in [3.63, 3.8) is 0 Å². The Bertz CT molecular complexity index is 314. The van der Waals surface area contributed by atoms with Crippen molar-refractivity contribution in [3.05, 3.63) is 0 Å². The van der Waals surface area contributed by atoms with E-state index in [9.17, 15) is 13.2 Å². The molecular formula is C7H14N2O4S. The van der Waals surface area contributed by atoms with Crippen LogP contribution in [-0.4, -0.2) is 51.9 Å². The third kappa shape index (κ3) is 3.51. The third-order valence-corrected chi connectivity index (χ3v) is 2.62. The summed E-state index contributed by atoms with van der Waals surface area (Å²) in [6.45, 7) is 0.814. The lowest BCUT2D eigenvalue weighted by Gasteiger charge is -2.07. The number of sulfonamides is 1. The largest absolute Gasteiger partial charge is 0.444 e. The number of carbonyl (C=O) groups is 1. The summed E-state index contributed by atoms with van der Waals surface area (Å²) in [6, 6.07) is 0. The van der Waals surface area contributed by atoms with Crippen LogP contribution in [0.1, 0.15) is 6.42 Å². The molecule has 1 rings (SSSR count). The Morgan fingerprint density at radius 2 is 2.29 bits per heavy atom. The first kappa shape index (κ1) is 11.3. The van der Waals surface area contributed by atoms with Crippen LogP contribution in [0.3, 0.4) is 0 Å². The molecule has 1 unspecified atom stereocenters. The van der Waals surface area contributed by atoms with E-state index in [-0.39, 0.29) is 12.2 Å². The molecule has 7 heteroatoms. The summed E-state index contributed by atoms with van der Waals surface area (Å²) < 4.78 is 28.7. The molecule has 1 heterocycles. The average Bonchev–Trinajstić information content (AvgIpc) is 2.28. The molecule has 1 atom stereocenters. The van der Waals surface area contributed by atoms with Crippen molar-refractivity contribution in [1.29, 1.82) is 0 Å². The second-order valence-corrected chi connectivity index (χ2v) is 5.17. The quantitative estimate of drug-likeness (QED) is 0.687. The molecule has 0 radical (unpaired) electrons. The van der Waals surface area contributed by atoms with Gasteiger partial charge in [0.2, 0.25) is 10.0 Å². The Balaban J connectivity index is 2.24. The highest BCUT2D eigenvalue weighted by Crippen LogP contribution is 2.11. The summed E-state index contributed by atoms with van der Waals surface area (Å²) in [6.07, 6.45) is 1.04. The first-order valence-corrected chi connectivity index (χ1v) is 6.14. The molecule has 0 aromatic rings. The molecule has 0 saturated carbocycles. The zero-order valence-corrected chi connectivity index (χ0v) is 9.00. The van der Waals surface area contributed by atoms with E-state index >= 15 is 0 Å². The molecule has 0 aliphatic carbocycles. The topological polar surface area (TPSA) is 75.7 Å². The van der Waals surface area contributed by atoms with Gasteiger partial charge < -0.3 is 9.64 Å². The van der Waals surface area contributed by atoms with Crippen molar-refractivity contribution in [2.75, 3.05) is 26.4 Å². The van der Waals surface area contributed by atoms with Crippen LogP contribution in [0.4, 0.5) is 4.79 Å². The molecule has 1 aliphatic heterocycles. The van der Waals surface area contributed by atoms with Gasteiger partial charge in [0.15, 0.2) is 0 Å². The van der Waals surface area contributed by atoms with Crippen LogP contribution >= 0.6 is 0 Å². The predicted molar refractivity (Wildman–Crippen MR) is 50.4 cm³/mol. The van der Waals surface area contributed by atoms with E-state index in [1.54, 1.807) is 7.05 Å². The molecule has 1 N–H and O–H groups in total. The van der Waals surface area contributed by atoms with Crippen molar-refractivity contribution in [3.8, 4) is 0 Å². The number of rotatable bonds is 4. The third-order valence-electron chi connectivity index (χ3n) is 1.89. The zero-order chi connectivity index (χ0) is 10.8. The van der Waals surface area contributed by atoms with E-state index in [0.717, 1.165) is 6.26 Å². The fourth-order valence-corrected chi connectivity index (χ4v) is 1.69. The number of hydrogen-bond donors (Lipinski definition) is 1. The summed E-state index contributed by atoms with van der Waals surface area (Å²) in [5, 5.41) is 0. The highest BCUT2D eigenvalue weighted by molar-refractivity contribution is 7.88. The van der Waals surface area contributed by atoms with Gasteiger partial charge >= 0.3 is 6.09 Å². The lowest BCUT2D eigenvalue weighted by atomic mass is 10.2. The van der Waals surface area contributed by atoms with Gasteiger partial charge in [-0.3, -0.25) is 0 Å². The van der Waals surface area contributed by atoms with Gasteiger partial charge in [-0.15, -0.1) is 0 Å². The molecule has 1 saturated heterocycles. The summed E-state index contributed by atoms with van der Waals surface area (Å²) in [5.41, 5.74) is 0. The Morgan fingerprint density at radius 1 is 1.64 bits per heavy atom. The number of amides is 1. The Hall–Kier alpha value is -0.820. The minimum absolute atomic E-state index is 0.207. The molecule has 6 nitrogen and oxygen atoms in total. The van der Waals surface area contributed by atoms with Gasteiger partial charge in [-0.25, -0.2) is 17.9 Å². The van der Waals surface area contributed by atoms with Gasteiger partial charge in [0.25, 0.3) is 0 Å². The van der Waals surface area contributed by atoms with Gasteiger partial charge in [0.1, 0.15) is 6.10 Å². The fraction of sp³-hybridized carbons (Fsp3) is 0.857. The summed E-state index contributed by atoms with van der Waals surface area (Å²) in [4.78, 5) is 12.4. The van der Waals surface area contributed by atoms with E-state index in [0.29, 0.717) is 19.5 Å². The van der Waals surface area contributed by atoms with Crippen LogP contribution in [0, 0.1) is 0 Å². The maximum absolute atomic E-state index is 10.9. The molecule has 1 fully saturated rings. The normalized spacial score (nSPS) is 22.6. The molecule has 0 aromatic carbocycles. The van der Waals surface area contributed by atoms with Crippen molar-refractivity contribution >= 4 is 16.1 Å². The standard InChI is InChI=1S/C7H14N2O4S/c1-9-5-6(13-7(9)10)3-4-8-14(2,11)12/h6,8H,3-5H2,1-2H3. The SMILES string of the molecule is CN1CC(CCNS(C)(=O)=O)OC1=O.